The molecule has 0 heterocycles. The maximum Gasteiger partial charge on any atom is 0.240 e. The SMILES string of the molecule is CNCc1cc(S(=O)(=O)NCCCCSC)ccc1C. The average Bonchev–Trinajstić information content (AvgIpc) is 2.41. The van der Waals surface area contributed by atoms with Crippen LogP contribution in [0.5, 0.6) is 0 Å². The molecule has 20 heavy (non-hydrogen) atoms. The van der Waals surface area contributed by atoms with Crippen molar-refractivity contribution in [1.82, 2.24) is 10.0 Å². The van der Waals surface area contributed by atoms with Gasteiger partial charge in [-0.2, -0.15) is 11.8 Å². The number of thioether (sulfide) groups is 1. The molecule has 114 valence electrons. The average molecular weight is 316 g/mol. The number of nitrogens with one attached hydrogen (secondary N) is 2. The fraction of sp³-hybridized carbons (Fsp3) is 0.571. The largest absolute Gasteiger partial charge is 0.316 e. The van der Waals surface area contributed by atoms with E-state index in [1.165, 1.54) is 0 Å². The molecule has 4 nitrogen and oxygen atoms in total. The van der Waals surface area contributed by atoms with E-state index in [1.807, 2.05) is 20.0 Å². The van der Waals surface area contributed by atoms with E-state index >= 15 is 0 Å². The third-order valence-electron chi connectivity index (χ3n) is 3.07. The molecule has 0 fully saturated rings. The summed E-state index contributed by atoms with van der Waals surface area (Å²) in [6, 6.07) is 5.27. The molecule has 0 bridgehead atoms. The van der Waals surface area contributed by atoms with Gasteiger partial charge in [0.1, 0.15) is 0 Å². The molecule has 0 aromatic heterocycles. The Balaban J connectivity index is 2.69. The molecule has 6 heteroatoms. The Morgan fingerprint density at radius 1 is 1.25 bits per heavy atom. The van der Waals surface area contributed by atoms with Crippen LogP contribution < -0.4 is 10.0 Å². The van der Waals surface area contributed by atoms with Crippen LogP contribution in [0, 0.1) is 6.92 Å². The second-order valence-electron chi connectivity index (χ2n) is 4.72. The van der Waals surface area contributed by atoms with Crippen molar-refractivity contribution in [2.75, 3.05) is 25.6 Å². The fourth-order valence-corrected chi connectivity index (χ4v) is 3.47. The highest BCUT2D eigenvalue weighted by Gasteiger charge is 2.14. The Kier molecular flexibility index (Phi) is 7.58. The normalized spacial score (nSPS) is 11.8. The summed E-state index contributed by atoms with van der Waals surface area (Å²) >= 11 is 1.78. The molecule has 2 N–H and O–H groups in total. The molecule has 0 amide bonds. The number of hydrogen-bond donors (Lipinski definition) is 2. The van der Waals surface area contributed by atoms with Crippen molar-refractivity contribution < 1.29 is 8.42 Å². The van der Waals surface area contributed by atoms with Gasteiger partial charge in [0, 0.05) is 13.1 Å². The zero-order valence-corrected chi connectivity index (χ0v) is 14.0. The molecule has 0 spiro atoms. The number of rotatable bonds is 9. The van der Waals surface area contributed by atoms with Crippen LogP contribution in [-0.4, -0.2) is 34.0 Å². The zero-order valence-electron chi connectivity index (χ0n) is 12.4. The molecule has 0 atom stereocenters. The Morgan fingerprint density at radius 2 is 2.00 bits per heavy atom. The lowest BCUT2D eigenvalue weighted by Gasteiger charge is -2.10. The first kappa shape index (κ1) is 17.5. The van der Waals surface area contributed by atoms with Gasteiger partial charge in [0.15, 0.2) is 0 Å². The lowest BCUT2D eigenvalue weighted by atomic mass is 10.1. The minimum absolute atomic E-state index is 0.346. The van der Waals surface area contributed by atoms with E-state index in [0.29, 0.717) is 18.0 Å². The minimum Gasteiger partial charge on any atom is -0.316 e. The second kappa shape index (κ2) is 8.67. The van der Waals surface area contributed by atoms with Crippen molar-refractivity contribution in [2.24, 2.45) is 0 Å². The van der Waals surface area contributed by atoms with Gasteiger partial charge in [-0.05, 0) is 62.1 Å². The molecule has 0 radical (unpaired) electrons. The predicted octanol–water partition coefficient (Wildman–Crippen LogP) is 2.14. The quantitative estimate of drug-likeness (QED) is 0.685. The van der Waals surface area contributed by atoms with Gasteiger partial charge in [0.05, 0.1) is 4.90 Å². The second-order valence-corrected chi connectivity index (χ2v) is 7.47. The summed E-state index contributed by atoms with van der Waals surface area (Å²) in [7, 11) is -1.54. The van der Waals surface area contributed by atoms with Crippen LogP contribution >= 0.6 is 11.8 Å². The van der Waals surface area contributed by atoms with E-state index in [9.17, 15) is 8.42 Å². The van der Waals surface area contributed by atoms with E-state index in [-0.39, 0.29) is 0 Å². The van der Waals surface area contributed by atoms with E-state index in [2.05, 4.69) is 16.3 Å². The number of benzene rings is 1. The van der Waals surface area contributed by atoms with Gasteiger partial charge in [0.2, 0.25) is 10.0 Å². The lowest BCUT2D eigenvalue weighted by Crippen LogP contribution is -2.25. The first-order valence-corrected chi connectivity index (χ1v) is 9.61. The third-order valence-corrected chi connectivity index (χ3v) is 5.22. The summed E-state index contributed by atoms with van der Waals surface area (Å²) in [4.78, 5) is 0.346. The molecule has 0 unspecified atom stereocenters. The van der Waals surface area contributed by atoms with Gasteiger partial charge in [-0.25, -0.2) is 13.1 Å². The van der Waals surface area contributed by atoms with E-state index in [0.717, 1.165) is 29.7 Å². The minimum atomic E-state index is -3.39. The first-order valence-electron chi connectivity index (χ1n) is 6.74. The summed E-state index contributed by atoms with van der Waals surface area (Å²) in [6.07, 6.45) is 3.96. The molecular weight excluding hydrogens is 292 g/mol. The standard InChI is InChI=1S/C14H24N2O2S2/c1-12-6-7-14(10-13(12)11-15-2)20(17,18)16-8-4-5-9-19-3/h6-7,10,15-16H,4-5,8-9,11H2,1-3H3. The van der Waals surface area contributed by atoms with Crippen LogP contribution in [0.3, 0.4) is 0 Å². The topological polar surface area (TPSA) is 58.2 Å². The summed E-state index contributed by atoms with van der Waals surface area (Å²) in [5.41, 5.74) is 2.11. The van der Waals surface area contributed by atoms with Crippen LogP contribution in [0.15, 0.2) is 23.1 Å². The predicted molar refractivity (Wildman–Crippen MR) is 86.7 cm³/mol. The molecule has 0 aliphatic rings. The van der Waals surface area contributed by atoms with Gasteiger partial charge in [-0.15, -0.1) is 0 Å². The number of unbranched alkanes of at least 4 members (excludes halogenated alkanes) is 1. The van der Waals surface area contributed by atoms with Crippen molar-refractivity contribution in [3.05, 3.63) is 29.3 Å². The van der Waals surface area contributed by atoms with Crippen LogP contribution in [0.2, 0.25) is 0 Å². The van der Waals surface area contributed by atoms with Crippen LogP contribution in [0.1, 0.15) is 24.0 Å². The van der Waals surface area contributed by atoms with Crippen molar-refractivity contribution in [3.8, 4) is 0 Å². The fourth-order valence-electron chi connectivity index (χ4n) is 1.86. The van der Waals surface area contributed by atoms with Gasteiger partial charge in [-0.1, -0.05) is 6.07 Å². The summed E-state index contributed by atoms with van der Waals surface area (Å²) in [6.45, 7) is 3.15. The third kappa shape index (κ3) is 5.44. The molecule has 0 aliphatic carbocycles. The zero-order chi connectivity index (χ0) is 15.0. The van der Waals surface area contributed by atoms with Crippen LogP contribution in [-0.2, 0) is 16.6 Å². The van der Waals surface area contributed by atoms with Crippen molar-refractivity contribution >= 4 is 21.8 Å². The van der Waals surface area contributed by atoms with E-state index in [4.69, 9.17) is 0 Å². The summed E-state index contributed by atoms with van der Waals surface area (Å²) in [5.74, 6) is 1.07. The molecule has 1 rings (SSSR count). The van der Waals surface area contributed by atoms with Gasteiger partial charge >= 0.3 is 0 Å². The maximum atomic E-state index is 12.2. The van der Waals surface area contributed by atoms with Gasteiger partial charge in [-0.3, -0.25) is 0 Å². The van der Waals surface area contributed by atoms with E-state index in [1.54, 1.807) is 23.9 Å². The van der Waals surface area contributed by atoms with E-state index < -0.39 is 10.0 Å². The van der Waals surface area contributed by atoms with Crippen LogP contribution in [0.25, 0.3) is 0 Å². The van der Waals surface area contributed by atoms with Crippen molar-refractivity contribution in [1.29, 1.82) is 0 Å². The smallest absolute Gasteiger partial charge is 0.240 e. The maximum absolute atomic E-state index is 12.2. The van der Waals surface area contributed by atoms with Crippen molar-refractivity contribution in [3.63, 3.8) is 0 Å². The number of aryl methyl sites for hydroxylation is 1. The lowest BCUT2D eigenvalue weighted by molar-refractivity contribution is 0.578. The highest BCUT2D eigenvalue weighted by atomic mass is 32.2. The summed E-state index contributed by atoms with van der Waals surface area (Å²) in [5, 5.41) is 3.05. The monoisotopic (exact) mass is 316 g/mol. The first-order chi connectivity index (χ1) is 9.51. The highest BCUT2D eigenvalue weighted by Crippen LogP contribution is 2.15. The Morgan fingerprint density at radius 3 is 2.65 bits per heavy atom. The number of sulfonamides is 1. The van der Waals surface area contributed by atoms with Crippen molar-refractivity contribution in [2.45, 2.75) is 31.2 Å². The molecule has 0 aliphatic heterocycles. The molecule has 1 aromatic rings. The summed E-state index contributed by atoms with van der Waals surface area (Å²) < 4.78 is 27.1. The number of hydrogen-bond acceptors (Lipinski definition) is 4. The molecule has 0 saturated heterocycles. The van der Waals surface area contributed by atoms with Gasteiger partial charge < -0.3 is 5.32 Å². The molecule has 1 aromatic carbocycles. The van der Waals surface area contributed by atoms with Gasteiger partial charge in [0.25, 0.3) is 0 Å². The molecular formula is C14H24N2O2S2. The highest BCUT2D eigenvalue weighted by molar-refractivity contribution is 7.98. The Hall–Kier alpha value is -0.560. The van der Waals surface area contributed by atoms with Crippen LogP contribution in [0.4, 0.5) is 0 Å². The Labute approximate surface area is 126 Å². The molecule has 0 saturated carbocycles. The Bertz CT molecular complexity index is 516.